The van der Waals surface area contributed by atoms with Gasteiger partial charge in [0.2, 0.25) is 0 Å². The van der Waals surface area contributed by atoms with E-state index in [1.165, 1.54) is 52.7 Å². The summed E-state index contributed by atoms with van der Waals surface area (Å²) in [7, 11) is 5.45. The number of phenols is 3. The largest absolute Gasteiger partial charge is 0.504 e. The number of esters is 2. The van der Waals surface area contributed by atoms with Crippen LogP contribution < -0.4 is 14.2 Å². The molecule has 3 N–H and O–H groups in total. The van der Waals surface area contributed by atoms with Gasteiger partial charge in [-0.2, -0.15) is 0 Å². The lowest BCUT2D eigenvalue weighted by atomic mass is 9.83. The van der Waals surface area contributed by atoms with E-state index in [-0.39, 0.29) is 58.1 Å². The van der Waals surface area contributed by atoms with Gasteiger partial charge in [0.25, 0.3) is 0 Å². The average Bonchev–Trinajstić information content (AvgIpc) is 3.58. The van der Waals surface area contributed by atoms with Crippen molar-refractivity contribution >= 4 is 18.0 Å². The van der Waals surface area contributed by atoms with Crippen molar-refractivity contribution in [1.82, 2.24) is 0 Å². The second-order valence-corrected chi connectivity index (χ2v) is 9.83. The molecule has 4 atom stereocenters. The van der Waals surface area contributed by atoms with Crippen molar-refractivity contribution in [3.63, 3.8) is 0 Å². The first-order chi connectivity index (χ1) is 20.2. The fraction of sp³-hybridized carbons (Fsp3) is 0.290. The van der Waals surface area contributed by atoms with E-state index in [4.69, 9.17) is 23.7 Å². The quantitative estimate of drug-likeness (QED) is 0.260. The van der Waals surface area contributed by atoms with Crippen molar-refractivity contribution in [2.75, 3.05) is 35.0 Å². The first-order valence-electron chi connectivity index (χ1n) is 13.0. The maximum Gasteiger partial charge on any atom is 0.330 e. The molecule has 42 heavy (non-hydrogen) atoms. The molecular weight excluding hydrogens is 548 g/mol. The SMILES string of the molecule is COC(=O)/C=C/c1cc(OC)c(O)c(-c2cc([C@H]3OC[C@H]4[C@@H]3C(=O)O[C@@H]4c3ccc(O)c(OC)c3)cc(OC)c2O)c1. The molecule has 11 nitrogen and oxygen atoms in total. The molecule has 3 aromatic rings. The number of aromatic hydroxyl groups is 3. The molecule has 0 radical (unpaired) electrons. The summed E-state index contributed by atoms with van der Waals surface area (Å²) in [5, 5.41) is 32.1. The van der Waals surface area contributed by atoms with Crippen LogP contribution in [0.5, 0.6) is 34.5 Å². The number of benzene rings is 3. The Morgan fingerprint density at radius 3 is 2.14 bits per heavy atom. The van der Waals surface area contributed by atoms with Gasteiger partial charge in [0.1, 0.15) is 6.10 Å². The van der Waals surface area contributed by atoms with Crippen molar-refractivity contribution < 1.29 is 53.3 Å². The third-order valence-electron chi connectivity index (χ3n) is 7.56. The van der Waals surface area contributed by atoms with Crippen LogP contribution in [0.2, 0.25) is 0 Å². The molecule has 2 saturated heterocycles. The molecule has 3 aromatic carbocycles. The summed E-state index contributed by atoms with van der Waals surface area (Å²) < 4.78 is 32.6. The standard InChI is InChI=1S/C31H30O11/c1-37-22-12-16(6-7-21(22)32)29-20-14-41-30(26(20)31(36)42-29)17-11-19(28(35)24(13-17)39-3)18-9-15(5-8-25(33)40-4)10-23(38-2)27(18)34/h5-13,20,26,29-30,32,34-35H,14H2,1-4H3/b8-5+/t20-,26-,29+,30+/m0/s1. The van der Waals surface area contributed by atoms with Crippen molar-refractivity contribution in [3.05, 3.63) is 65.2 Å². The smallest absolute Gasteiger partial charge is 0.330 e. The molecule has 2 fully saturated rings. The number of hydrogen-bond acceptors (Lipinski definition) is 11. The Kier molecular flexibility index (Phi) is 7.86. The number of methoxy groups -OCH3 is 4. The van der Waals surface area contributed by atoms with E-state index in [2.05, 4.69) is 4.74 Å². The van der Waals surface area contributed by atoms with Gasteiger partial charge in [-0.25, -0.2) is 4.79 Å². The van der Waals surface area contributed by atoms with Gasteiger partial charge >= 0.3 is 11.9 Å². The number of ether oxygens (including phenoxy) is 6. The Labute approximate surface area is 241 Å². The van der Waals surface area contributed by atoms with E-state index in [1.54, 1.807) is 30.3 Å². The summed E-state index contributed by atoms with van der Waals surface area (Å²) in [6.07, 6.45) is 1.33. The van der Waals surface area contributed by atoms with Crippen LogP contribution in [0.1, 0.15) is 28.9 Å². The van der Waals surface area contributed by atoms with Gasteiger partial charge in [0.15, 0.2) is 34.5 Å². The molecule has 0 unspecified atom stereocenters. The van der Waals surface area contributed by atoms with Crippen molar-refractivity contribution in [3.8, 4) is 45.6 Å². The highest BCUT2D eigenvalue weighted by Gasteiger charge is 2.54. The normalized spacial score (nSPS) is 21.2. The monoisotopic (exact) mass is 578 g/mol. The first kappa shape index (κ1) is 28.6. The van der Waals surface area contributed by atoms with Gasteiger partial charge in [0, 0.05) is 23.1 Å². The minimum atomic E-state index is -0.744. The second-order valence-electron chi connectivity index (χ2n) is 9.83. The molecular formula is C31H30O11. The molecule has 2 aliphatic heterocycles. The maximum absolute atomic E-state index is 13.2. The molecule has 0 amide bonds. The highest BCUT2D eigenvalue weighted by Crippen LogP contribution is 2.54. The summed E-state index contributed by atoms with van der Waals surface area (Å²) >= 11 is 0. The number of hydrogen-bond donors (Lipinski definition) is 3. The average molecular weight is 579 g/mol. The van der Waals surface area contributed by atoms with Crippen LogP contribution in [0, 0.1) is 11.8 Å². The lowest BCUT2D eigenvalue weighted by molar-refractivity contribution is -0.148. The summed E-state index contributed by atoms with van der Waals surface area (Å²) in [4.78, 5) is 24.8. The molecule has 2 heterocycles. The number of rotatable bonds is 8. The van der Waals surface area contributed by atoms with Crippen LogP contribution in [-0.2, 0) is 23.8 Å². The Hall–Kier alpha value is -4.90. The van der Waals surface area contributed by atoms with E-state index < -0.39 is 30.1 Å². The molecule has 0 aromatic heterocycles. The van der Waals surface area contributed by atoms with Crippen LogP contribution in [0.4, 0.5) is 0 Å². The van der Waals surface area contributed by atoms with Crippen LogP contribution in [0.25, 0.3) is 17.2 Å². The molecule has 2 aliphatic rings. The van der Waals surface area contributed by atoms with Crippen LogP contribution in [-0.4, -0.2) is 62.3 Å². The van der Waals surface area contributed by atoms with Gasteiger partial charge in [-0.3, -0.25) is 4.79 Å². The van der Waals surface area contributed by atoms with E-state index in [1.807, 2.05) is 0 Å². The predicted octanol–water partition coefficient (Wildman–Crippen LogP) is 4.28. The van der Waals surface area contributed by atoms with E-state index in [9.17, 15) is 24.9 Å². The van der Waals surface area contributed by atoms with Crippen molar-refractivity contribution in [2.45, 2.75) is 12.2 Å². The summed E-state index contributed by atoms with van der Waals surface area (Å²) in [5.74, 6) is -2.12. The molecule has 0 spiro atoms. The number of fused-ring (bicyclic) bond motifs is 1. The van der Waals surface area contributed by atoms with Crippen LogP contribution in [0.15, 0.2) is 48.5 Å². The minimum absolute atomic E-state index is 0.0314. The topological polar surface area (TPSA) is 150 Å². The van der Waals surface area contributed by atoms with Crippen molar-refractivity contribution in [1.29, 1.82) is 0 Å². The third-order valence-corrected chi connectivity index (χ3v) is 7.56. The maximum atomic E-state index is 13.2. The fourth-order valence-corrected chi connectivity index (χ4v) is 5.47. The zero-order valence-corrected chi connectivity index (χ0v) is 23.3. The molecule has 0 saturated carbocycles. The summed E-state index contributed by atoms with van der Waals surface area (Å²) in [6, 6.07) is 11.0. The second kappa shape index (κ2) is 11.5. The zero-order valence-electron chi connectivity index (χ0n) is 23.3. The number of carbonyl (C=O) groups is 2. The van der Waals surface area contributed by atoms with E-state index in [0.29, 0.717) is 16.7 Å². The molecule has 5 rings (SSSR count). The lowest BCUT2D eigenvalue weighted by Gasteiger charge is -2.20. The number of phenolic OH excluding ortho intramolecular Hbond substituents is 3. The van der Waals surface area contributed by atoms with Crippen LogP contribution in [0.3, 0.4) is 0 Å². The molecule has 0 bridgehead atoms. The Morgan fingerprint density at radius 2 is 1.48 bits per heavy atom. The number of cyclic esters (lactones) is 1. The zero-order chi connectivity index (χ0) is 30.1. The van der Waals surface area contributed by atoms with Gasteiger partial charge in [-0.05, 0) is 59.2 Å². The van der Waals surface area contributed by atoms with Gasteiger partial charge < -0.3 is 43.7 Å². The van der Waals surface area contributed by atoms with E-state index >= 15 is 0 Å². The highest BCUT2D eigenvalue weighted by atomic mass is 16.6. The Morgan fingerprint density at radius 1 is 0.833 bits per heavy atom. The summed E-state index contributed by atoms with van der Waals surface area (Å²) in [6.45, 7) is 0.209. The predicted molar refractivity (Wildman–Crippen MR) is 149 cm³/mol. The van der Waals surface area contributed by atoms with Gasteiger partial charge in [0.05, 0.1) is 47.1 Å². The van der Waals surface area contributed by atoms with Crippen LogP contribution >= 0.6 is 0 Å². The molecule has 220 valence electrons. The van der Waals surface area contributed by atoms with Gasteiger partial charge in [-0.15, -0.1) is 0 Å². The first-order valence-corrected chi connectivity index (χ1v) is 13.0. The summed E-state index contributed by atoms with van der Waals surface area (Å²) in [5.41, 5.74) is 2.04. The lowest BCUT2D eigenvalue weighted by Crippen LogP contribution is -2.18. The number of carbonyl (C=O) groups excluding carboxylic acids is 2. The molecule has 11 heteroatoms. The minimum Gasteiger partial charge on any atom is -0.504 e. The fourth-order valence-electron chi connectivity index (χ4n) is 5.47. The van der Waals surface area contributed by atoms with Gasteiger partial charge in [-0.1, -0.05) is 6.07 Å². The van der Waals surface area contributed by atoms with E-state index in [0.717, 1.165) is 0 Å². The molecule has 0 aliphatic carbocycles. The highest BCUT2D eigenvalue weighted by molar-refractivity contribution is 5.89. The Bertz CT molecular complexity index is 1560. The van der Waals surface area contributed by atoms with Crippen molar-refractivity contribution in [2.24, 2.45) is 11.8 Å². The third kappa shape index (κ3) is 5.03. The Balaban J connectivity index is 1.55.